The lowest BCUT2D eigenvalue weighted by atomic mass is 9.95. The van der Waals surface area contributed by atoms with Crippen LogP contribution < -0.4 is 14.4 Å². The van der Waals surface area contributed by atoms with E-state index < -0.39 is 34.3 Å². The van der Waals surface area contributed by atoms with Gasteiger partial charge in [0, 0.05) is 17.6 Å². The zero-order valence-electron chi connectivity index (χ0n) is 25.0. The number of nitrogens with zero attached hydrogens (tertiary/aromatic N) is 2. The fourth-order valence-electron chi connectivity index (χ4n) is 5.39. The molecule has 0 heterocycles. The fraction of sp³-hybridized carbons (Fsp3) is 0.394. The number of hydrogen-bond donors (Lipinski definition) is 1. The molecule has 0 unspecified atom stereocenters. The topological polar surface area (TPSA) is 96.0 Å². The molecule has 0 spiro atoms. The third kappa shape index (κ3) is 8.51. The van der Waals surface area contributed by atoms with Gasteiger partial charge in [-0.15, -0.1) is 0 Å². The molecule has 1 saturated carbocycles. The third-order valence-electron chi connectivity index (χ3n) is 7.72. The Hall–Kier alpha value is -3.63. The van der Waals surface area contributed by atoms with Crippen molar-refractivity contribution in [3.63, 3.8) is 0 Å². The number of rotatable bonds is 13. The highest BCUT2D eigenvalue weighted by Gasteiger charge is 2.34. The second-order valence-electron chi connectivity index (χ2n) is 10.8. The van der Waals surface area contributed by atoms with Gasteiger partial charge in [-0.1, -0.05) is 49.9 Å². The predicted octanol–water partition coefficient (Wildman–Crippen LogP) is 6.33. The van der Waals surface area contributed by atoms with Crippen LogP contribution in [-0.2, 0) is 26.2 Å². The molecule has 1 fully saturated rings. The zero-order chi connectivity index (χ0) is 31.7. The van der Waals surface area contributed by atoms with Crippen molar-refractivity contribution in [2.75, 3.05) is 17.5 Å². The molecule has 2 amide bonds. The van der Waals surface area contributed by atoms with Crippen molar-refractivity contribution in [1.29, 1.82) is 0 Å². The molecule has 0 saturated heterocycles. The zero-order valence-corrected chi connectivity index (χ0v) is 26.6. The van der Waals surface area contributed by atoms with Gasteiger partial charge in [0.15, 0.2) is 0 Å². The summed E-state index contributed by atoms with van der Waals surface area (Å²) < 4.78 is 48.3. The average Bonchev–Trinajstić information content (AvgIpc) is 3.02. The number of benzene rings is 3. The number of anilines is 1. The highest BCUT2D eigenvalue weighted by molar-refractivity contribution is 7.92. The molecule has 3 aromatic carbocycles. The van der Waals surface area contributed by atoms with E-state index in [9.17, 15) is 22.4 Å². The molecular formula is C33H39ClFN3O5S. The normalized spacial score (nSPS) is 14.5. The standard InChI is InChI=1S/C33H39ClFN3O5S/c1-3-31(33(40)36-27-8-6-5-7-9-27)37(22-24-10-12-25(34)13-11-24)32(39)23-38(28-16-14-26(35)15-17-28)44(41,42)30-20-18-29(19-21-30)43-4-2/h10-21,27,31H,3-9,22-23H2,1-2H3,(H,36,40)/t31-/m0/s1. The van der Waals surface area contributed by atoms with Crippen LogP contribution in [0.25, 0.3) is 0 Å². The van der Waals surface area contributed by atoms with Crippen LogP contribution in [0, 0.1) is 5.82 Å². The van der Waals surface area contributed by atoms with Gasteiger partial charge >= 0.3 is 0 Å². The molecule has 1 N–H and O–H groups in total. The van der Waals surface area contributed by atoms with Crippen LogP contribution in [0.3, 0.4) is 0 Å². The summed E-state index contributed by atoms with van der Waals surface area (Å²) in [6, 6.07) is 16.9. The summed E-state index contributed by atoms with van der Waals surface area (Å²) in [6.45, 7) is 3.51. The van der Waals surface area contributed by atoms with Crippen LogP contribution in [0.5, 0.6) is 5.75 Å². The van der Waals surface area contributed by atoms with Gasteiger partial charge in [-0.2, -0.15) is 0 Å². The summed E-state index contributed by atoms with van der Waals surface area (Å²) in [6.07, 6.45) is 5.28. The van der Waals surface area contributed by atoms with Crippen LogP contribution in [0.15, 0.2) is 77.7 Å². The molecule has 4 rings (SSSR count). The van der Waals surface area contributed by atoms with Gasteiger partial charge in [0.1, 0.15) is 24.2 Å². The first kappa shape index (κ1) is 33.3. The maximum Gasteiger partial charge on any atom is 0.264 e. The van der Waals surface area contributed by atoms with Gasteiger partial charge in [-0.05, 0) is 92.4 Å². The summed E-state index contributed by atoms with van der Waals surface area (Å²) >= 11 is 6.09. The number of halogens is 2. The Morgan fingerprint density at radius 2 is 1.59 bits per heavy atom. The molecule has 11 heteroatoms. The van der Waals surface area contributed by atoms with E-state index in [1.54, 1.807) is 24.3 Å². The Morgan fingerprint density at radius 1 is 0.955 bits per heavy atom. The van der Waals surface area contributed by atoms with Crippen molar-refractivity contribution in [2.45, 2.75) is 75.9 Å². The minimum absolute atomic E-state index is 0.0357. The maximum absolute atomic E-state index is 14.2. The minimum Gasteiger partial charge on any atom is -0.494 e. The van der Waals surface area contributed by atoms with E-state index in [4.69, 9.17) is 16.3 Å². The Bertz CT molecular complexity index is 1500. The quantitative estimate of drug-likeness (QED) is 0.235. The van der Waals surface area contributed by atoms with E-state index in [1.807, 2.05) is 13.8 Å². The summed E-state index contributed by atoms with van der Waals surface area (Å²) in [5.41, 5.74) is 0.842. The van der Waals surface area contributed by atoms with E-state index >= 15 is 0 Å². The summed E-state index contributed by atoms with van der Waals surface area (Å²) in [7, 11) is -4.29. The molecule has 3 aromatic rings. The van der Waals surface area contributed by atoms with E-state index in [2.05, 4.69) is 5.32 Å². The van der Waals surface area contributed by atoms with E-state index in [-0.39, 0.29) is 29.1 Å². The maximum atomic E-state index is 14.2. The number of nitrogens with one attached hydrogen (secondary N) is 1. The van der Waals surface area contributed by atoms with Crippen LogP contribution in [-0.4, -0.2) is 50.4 Å². The summed E-state index contributed by atoms with van der Waals surface area (Å²) in [5.74, 6) is -0.901. The van der Waals surface area contributed by atoms with Crippen molar-refractivity contribution in [1.82, 2.24) is 10.2 Å². The highest BCUT2D eigenvalue weighted by atomic mass is 35.5. The highest BCUT2D eigenvalue weighted by Crippen LogP contribution is 2.27. The van der Waals surface area contributed by atoms with Crippen LogP contribution in [0.4, 0.5) is 10.1 Å². The second-order valence-corrected chi connectivity index (χ2v) is 13.1. The van der Waals surface area contributed by atoms with Crippen molar-refractivity contribution >= 4 is 39.1 Å². The van der Waals surface area contributed by atoms with Crippen LogP contribution in [0.1, 0.15) is 57.9 Å². The third-order valence-corrected chi connectivity index (χ3v) is 9.76. The van der Waals surface area contributed by atoms with Crippen LogP contribution in [0.2, 0.25) is 5.02 Å². The SMILES string of the molecule is CCOc1ccc(S(=O)(=O)N(CC(=O)N(Cc2ccc(Cl)cc2)[C@@H](CC)C(=O)NC2CCCCC2)c2ccc(F)cc2)cc1. The largest absolute Gasteiger partial charge is 0.494 e. The van der Waals surface area contributed by atoms with Crippen LogP contribution >= 0.6 is 11.6 Å². The molecule has 0 radical (unpaired) electrons. The minimum atomic E-state index is -4.29. The lowest BCUT2D eigenvalue weighted by Gasteiger charge is -2.34. The molecule has 1 aliphatic rings. The van der Waals surface area contributed by atoms with E-state index in [1.165, 1.54) is 41.3 Å². The molecule has 0 aromatic heterocycles. The number of carbonyl (C=O) groups excluding carboxylic acids is 2. The van der Waals surface area contributed by atoms with Crippen molar-refractivity contribution in [2.24, 2.45) is 0 Å². The molecule has 1 aliphatic carbocycles. The number of sulfonamides is 1. The van der Waals surface area contributed by atoms with Crippen molar-refractivity contribution in [3.05, 3.63) is 89.2 Å². The number of hydrogen-bond acceptors (Lipinski definition) is 5. The fourth-order valence-corrected chi connectivity index (χ4v) is 6.93. The Balaban J connectivity index is 1.69. The molecular weight excluding hydrogens is 605 g/mol. The molecule has 0 bridgehead atoms. The smallest absolute Gasteiger partial charge is 0.264 e. The van der Waals surface area contributed by atoms with Gasteiger partial charge in [0.25, 0.3) is 10.0 Å². The Labute approximate surface area is 264 Å². The predicted molar refractivity (Wildman–Crippen MR) is 170 cm³/mol. The molecule has 1 atom stereocenters. The van der Waals surface area contributed by atoms with E-state index in [0.29, 0.717) is 23.8 Å². The number of carbonyl (C=O) groups is 2. The molecule has 0 aliphatic heterocycles. The number of ether oxygens (including phenoxy) is 1. The monoisotopic (exact) mass is 643 g/mol. The van der Waals surface area contributed by atoms with Gasteiger partial charge in [0.2, 0.25) is 11.8 Å². The average molecular weight is 644 g/mol. The first-order valence-electron chi connectivity index (χ1n) is 15.0. The first-order chi connectivity index (χ1) is 21.1. The summed E-state index contributed by atoms with van der Waals surface area (Å²) in [4.78, 5) is 29.2. The van der Waals surface area contributed by atoms with Gasteiger partial charge < -0.3 is 15.0 Å². The van der Waals surface area contributed by atoms with Gasteiger partial charge in [-0.25, -0.2) is 12.8 Å². The van der Waals surface area contributed by atoms with Crippen molar-refractivity contribution < 1.29 is 27.1 Å². The first-order valence-corrected chi connectivity index (χ1v) is 16.8. The molecule has 236 valence electrons. The Kier molecular flexibility index (Phi) is 11.6. The molecule has 8 nitrogen and oxygen atoms in total. The Morgan fingerprint density at radius 3 is 2.18 bits per heavy atom. The van der Waals surface area contributed by atoms with E-state index in [0.717, 1.165) is 54.1 Å². The number of amides is 2. The molecule has 44 heavy (non-hydrogen) atoms. The summed E-state index contributed by atoms with van der Waals surface area (Å²) in [5, 5.41) is 3.65. The second kappa shape index (κ2) is 15.4. The van der Waals surface area contributed by atoms with Gasteiger partial charge in [-0.3, -0.25) is 13.9 Å². The van der Waals surface area contributed by atoms with Gasteiger partial charge in [0.05, 0.1) is 17.2 Å². The van der Waals surface area contributed by atoms with Crippen molar-refractivity contribution in [3.8, 4) is 5.75 Å². The lowest BCUT2D eigenvalue weighted by Crippen LogP contribution is -2.54. The lowest BCUT2D eigenvalue weighted by molar-refractivity contribution is -0.140.